The van der Waals surface area contributed by atoms with Crippen LogP contribution < -0.4 is 10.5 Å². The summed E-state index contributed by atoms with van der Waals surface area (Å²) >= 11 is 0. The van der Waals surface area contributed by atoms with Gasteiger partial charge in [-0.15, -0.1) is 0 Å². The average Bonchev–Trinajstić information content (AvgIpc) is 2.36. The Hall–Kier alpha value is -1.34. The molecule has 1 aliphatic rings. The van der Waals surface area contributed by atoms with E-state index in [0.29, 0.717) is 11.4 Å². The molecule has 4 atom stereocenters. The number of ether oxygens (including phenoxy) is 2. The maximum Gasteiger partial charge on any atom is 0.202 e. The Morgan fingerprint density at radius 2 is 1.94 bits per heavy atom. The lowest BCUT2D eigenvalue weighted by Crippen LogP contribution is -2.51. The van der Waals surface area contributed by atoms with Gasteiger partial charge >= 0.3 is 0 Å². The molecule has 1 aromatic carbocycles. The monoisotopic (exact) mass is 255 g/mol. The van der Waals surface area contributed by atoms with Crippen LogP contribution in [0.1, 0.15) is 6.42 Å². The first-order chi connectivity index (χ1) is 8.60. The molecule has 2 rings (SSSR count). The Bertz CT molecular complexity index is 383. The highest BCUT2D eigenvalue weighted by Crippen LogP contribution is 2.24. The van der Waals surface area contributed by atoms with Gasteiger partial charge in [-0.2, -0.15) is 0 Å². The lowest BCUT2D eigenvalue weighted by Gasteiger charge is -2.36. The fourth-order valence-electron chi connectivity index (χ4n) is 1.84. The molecule has 0 amide bonds. The lowest BCUT2D eigenvalue weighted by molar-refractivity contribution is -0.229. The quantitative estimate of drug-likeness (QED) is 0.541. The zero-order chi connectivity index (χ0) is 13.1. The Morgan fingerprint density at radius 3 is 2.56 bits per heavy atom. The summed E-state index contributed by atoms with van der Waals surface area (Å²) in [7, 11) is 0. The van der Waals surface area contributed by atoms with Gasteiger partial charge in [0.25, 0.3) is 0 Å². The summed E-state index contributed by atoms with van der Waals surface area (Å²) in [5.41, 5.74) is 6.17. The number of rotatable bonds is 3. The van der Waals surface area contributed by atoms with Gasteiger partial charge in [0.1, 0.15) is 18.0 Å². The third-order valence-electron chi connectivity index (χ3n) is 2.86. The zero-order valence-electron chi connectivity index (χ0n) is 9.77. The minimum atomic E-state index is -1.10. The van der Waals surface area contributed by atoms with Gasteiger partial charge in [-0.05, 0) is 24.3 Å². The first-order valence-corrected chi connectivity index (χ1v) is 5.75. The van der Waals surface area contributed by atoms with Gasteiger partial charge in [-0.1, -0.05) is 0 Å². The van der Waals surface area contributed by atoms with Gasteiger partial charge in [0.05, 0.1) is 12.7 Å². The summed E-state index contributed by atoms with van der Waals surface area (Å²) in [6.45, 7) is -0.375. The van der Waals surface area contributed by atoms with Gasteiger partial charge in [-0.25, -0.2) is 0 Å². The van der Waals surface area contributed by atoms with E-state index in [0.717, 1.165) is 0 Å². The summed E-state index contributed by atoms with van der Waals surface area (Å²) in [6.07, 6.45) is -3.48. The van der Waals surface area contributed by atoms with E-state index < -0.39 is 24.6 Å². The molecule has 6 nitrogen and oxygen atoms in total. The highest BCUT2D eigenvalue weighted by atomic mass is 16.7. The van der Waals surface area contributed by atoms with Crippen LogP contribution in [-0.2, 0) is 4.74 Å². The van der Waals surface area contributed by atoms with E-state index >= 15 is 0 Å². The maximum atomic E-state index is 9.63. The maximum absolute atomic E-state index is 9.63. The molecule has 0 saturated carbocycles. The first kappa shape index (κ1) is 13.1. The third-order valence-corrected chi connectivity index (χ3v) is 2.86. The minimum absolute atomic E-state index is 0.141. The van der Waals surface area contributed by atoms with Crippen LogP contribution in [0.25, 0.3) is 0 Å². The van der Waals surface area contributed by atoms with Crippen molar-refractivity contribution in [2.75, 3.05) is 12.3 Å². The molecule has 5 N–H and O–H groups in total. The van der Waals surface area contributed by atoms with E-state index in [9.17, 15) is 10.2 Å². The van der Waals surface area contributed by atoms with Gasteiger partial charge in [-0.3, -0.25) is 0 Å². The van der Waals surface area contributed by atoms with Crippen molar-refractivity contribution in [1.82, 2.24) is 0 Å². The first-order valence-electron chi connectivity index (χ1n) is 5.75. The van der Waals surface area contributed by atoms with Crippen molar-refractivity contribution >= 4 is 5.69 Å². The predicted molar refractivity (Wildman–Crippen MR) is 63.9 cm³/mol. The second kappa shape index (κ2) is 5.53. The van der Waals surface area contributed by atoms with Crippen molar-refractivity contribution < 1.29 is 24.8 Å². The Labute approximate surface area is 105 Å². The number of nitrogens with two attached hydrogens (primary N) is 1. The smallest absolute Gasteiger partial charge is 0.202 e. The van der Waals surface area contributed by atoms with Crippen molar-refractivity contribution in [3.05, 3.63) is 24.3 Å². The number of nitrogen functional groups attached to an aromatic ring is 1. The summed E-state index contributed by atoms with van der Waals surface area (Å²) in [5, 5.41) is 28.2. The van der Waals surface area contributed by atoms with Gasteiger partial charge in [0, 0.05) is 12.1 Å². The summed E-state index contributed by atoms with van der Waals surface area (Å²) in [6, 6.07) is 6.74. The van der Waals surface area contributed by atoms with Crippen molar-refractivity contribution in [3.8, 4) is 5.75 Å². The molecule has 1 heterocycles. The standard InChI is InChI=1S/C12H17NO5/c13-7-1-3-8(4-2-7)17-11-5-9(15)12(16)10(6-14)18-11/h1-4,9-12,14-16H,5-6,13H2/t9-,10-,11-,12-/m1/s1. The fraction of sp³-hybridized carbons (Fsp3) is 0.500. The van der Waals surface area contributed by atoms with E-state index in [1.54, 1.807) is 24.3 Å². The minimum Gasteiger partial charge on any atom is -0.465 e. The van der Waals surface area contributed by atoms with Crippen molar-refractivity contribution in [1.29, 1.82) is 0 Å². The van der Waals surface area contributed by atoms with E-state index in [-0.39, 0.29) is 13.0 Å². The summed E-state index contributed by atoms with van der Waals surface area (Å²) in [4.78, 5) is 0. The number of hydrogen-bond donors (Lipinski definition) is 4. The Morgan fingerprint density at radius 1 is 1.28 bits per heavy atom. The van der Waals surface area contributed by atoms with Crippen LogP contribution in [0.2, 0.25) is 0 Å². The van der Waals surface area contributed by atoms with Crippen LogP contribution in [0, 0.1) is 0 Å². The molecule has 0 aromatic heterocycles. The molecule has 6 heteroatoms. The Kier molecular flexibility index (Phi) is 4.03. The van der Waals surface area contributed by atoms with Crippen molar-refractivity contribution in [3.63, 3.8) is 0 Å². The molecule has 0 radical (unpaired) electrons. The molecule has 0 unspecified atom stereocenters. The summed E-state index contributed by atoms with van der Waals surface area (Å²) in [5.74, 6) is 0.550. The molecular weight excluding hydrogens is 238 g/mol. The van der Waals surface area contributed by atoms with Crippen LogP contribution in [0.15, 0.2) is 24.3 Å². The lowest BCUT2D eigenvalue weighted by atomic mass is 10.0. The second-order valence-corrected chi connectivity index (χ2v) is 4.27. The van der Waals surface area contributed by atoms with Gasteiger partial charge in [0.15, 0.2) is 0 Å². The number of aliphatic hydroxyl groups excluding tert-OH is 3. The molecule has 0 spiro atoms. The summed E-state index contributed by atoms with van der Waals surface area (Å²) < 4.78 is 10.8. The molecule has 18 heavy (non-hydrogen) atoms. The highest BCUT2D eigenvalue weighted by molar-refractivity contribution is 5.41. The van der Waals surface area contributed by atoms with Crippen LogP contribution in [0.4, 0.5) is 5.69 Å². The van der Waals surface area contributed by atoms with Crippen LogP contribution >= 0.6 is 0 Å². The molecule has 1 fully saturated rings. The van der Waals surface area contributed by atoms with Crippen molar-refractivity contribution in [2.24, 2.45) is 0 Å². The van der Waals surface area contributed by atoms with Crippen LogP contribution in [-0.4, -0.2) is 46.5 Å². The molecule has 100 valence electrons. The number of aliphatic hydroxyl groups is 3. The van der Waals surface area contributed by atoms with E-state index in [4.69, 9.17) is 20.3 Å². The molecule has 1 saturated heterocycles. The normalized spacial score (nSPS) is 32.2. The van der Waals surface area contributed by atoms with Gasteiger partial charge in [0.2, 0.25) is 6.29 Å². The highest BCUT2D eigenvalue weighted by Gasteiger charge is 2.37. The zero-order valence-corrected chi connectivity index (χ0v) is 9.77. The topological polar surface area (TPSA) is 105 Å². The van der Waals surface area contributed by atoms with E-state index in [2.05, 4.69) is 0 Å². The van der Waals surface area contributed by atoms with Crippen molar-refractivity contribution in [2.45, 2.75) is 31.0 Å². The number of benzene rings is 1. The largest absolute Gasteiger partial charge is 0.465 e. The molecule has 0 aliphatic carbocycles. The predicted octanol–water partition coefficient (Wildman–Crippen LogP) is -0.523. The van der Waals surface area contributed by atoms with Crippen LogP contribution in [0.3, 0.4) is 0 Å². The molecule has 1 aliphatic heterocycles. The number of hydrogen-bond acceptors (Lipinski definition) is 6. The SMILES string of the molecule is Nc1ccc(O[C@H]2C[C@@H](O)[C@@H](O)[C@@H](CO)O2)cc1. The molecule has 0 bridgehead atoms. The second-order valence-electron chi connectivity index (χ2n) is 4.27. The van der Waals surface area contributed by atoms with Gasteiger partial charge < -0.3 is 30.5 Å². The van der Waals surface area contributed by atoms with E-state index in [1.807, 2.05) is 0 Å². The number of anilines is 1. The van der Waals surface area contributed by atoms with Crippen LogP contribution in [0.5, 0.6) is 5.75 Å². The fourth-order valence-corrected chi connectivity index (χ4v) is 1.84. The Balaban J connectivity index is 1.99. The molecule has 1 aromatic rings. The third kappa shape index (κ3) is 2.91. The van der Waals surface area contributed by atoms with E-state index in [1.165, 1.54) is 0 Å². The molecular formula is C12H17NO5. The average molecular weight is 255 g/mol.